The number of benzene rings is 1. The van der Waals surface area contributed by atoms with Crippen LogP contribution in [0.4, 0.5) is 10.1 Å². The fraction of sp³-hybridized carbons (Fsp3) is 0.562. The van der Waals surface area contributed by atoms with Gasteiger partial charge in [0.15, 0.2) is 0 Å². The lowest BCUT2D eigenvalue weighted by Gasteiger charge is -2.34. The molecule has 0 saturated heterocycles. The van der Waals surface area contributed by atoms with Gasteiger partial charge in [-0.05, 0) is 37.8 Å². The Morgan fingerprint density at radius 1 is 1.40 bits per heavy atom. The molecule has 1 aromatic carbocycles. The number of amides is 1. The van der Waals surface area contributed by atoms with E-state index in [4.69, 9.17) is 5.73 Å². The summed E-state index contributed by atoms with van der Waals surface area (Å²) in [7, 11) is 1.80. The normalized spacial score (nSPS) is 22.6. The number of halogens is 1. The van der Waals surface area contributed by atoms with Gasteiger partial charge < -0.3 is 10.6 Å². The minimum Gasteiger partial charge on any atom is -0.398 e. The van der Waals surface area contributed by atoms with Crippen LogP contribution >= 0.6 is 0 Å². The summed E-state index contributed by atoms with van der Waals surface area (Å²) < 4.78 is 13.7. The van der Waals surface area contributed by atoms with Crippen LogP contribution in [0.1, 0.15) is 48.5 Å². The molecule has 1 fully saturated rings. The van der Waals surface area contributed by atoms with E-state index in [9.17, 15) is 9.18 Å². The third-order valence-electron chi connectivity index (χ3n) is 4.41. The van der Waals surface area contributed by atoms with Crippen LogP contribution in [0.5, 0.6) is 0 Å². The molecule has 0 aromatic heterocycles. The number of carbonyl (C=O) groups excluding carboxylic acids is 1. The lowest BCUT2D eigenvalue weighted by atomic mass is 9.86. The van der Waals surface area contributed by atoms with Gasteiger partial charge in [-0.3, -0.25) is 4.79 Å². The van der Waals surface area contributed by atoms with Crippen LogP contribution < -0.4 is 5.73 Å². The Morgan fingerprint density at radius 3 is 2.70 bits per heavy atom. The maximum absolute atomic E-state index is 13.7. The molecule has 3 nitrogen and oxygen atoms in total. The molecule has 2 atom stereocenters. The molecule has 1 aromatic rings. The Balaban J connectivity index is 2.18. The standard InChI is InChI=1S/C16H23FN2O/c1-10-5-4-6-13(7-10)19(3)16(20)12-8-14(17)11(2)15(18)9-12/h8-10,13H,4-7,18H2,1-3H3. The predicted octanol–water partition coefficient (Wildman–Crippen LogP) is 3.37. The van der Waals surface area contributed by atoms with Gasteiger partial charge in [0.2, 0.25) is 0 Å². The summed E-state index contributed by atoms with van der Waals surface area (Å²) in [5, 5.41) is 0. The molecule has 20 heavy (non-hydrogen) atoms. The third kappa shape index (κ3) is 2.94. The fourth-order valence-electron chi connectivity index (χ4n) is 2.95. The Labute approximate surface area is 120 Å². The summed E-state index contributed by atoms with van der Waals surface area (Å²) in [5.41, 5.74) is 6.82. The molecule has 110 valence electrons. The van der Waals surface area contributed by atoms with Gasteiger partial charge in [0.1, 0.15) is 5.82 Å². The van der Waals surface area contributed by atoms with E-state index in [1.807, 2.05) is 0 Å². The molecule has 0 radical (unpaired) electrons. The highest BCUT2D eigenvalue weighted by atomic mass is 19.1. The SMILES string of the molecule is Cc1c(N)cc(C(=O)N(C)C2CCCC(C)C2)cc1F. The smallest absolute Gasteiger partial charge is 0.254 e. The maximum atomic E-state index is 13.7. The summed E-state index contributed by atoms with van der Waals surface area (Å²) in [6.45, 7) is 3.83. The van der Waals surface area contributed by atoms with E-state index in [1.165, 1.54) is 12.5 Å². The number of nitrogens with two attached hydrogens (primary N) is 1. The molecule has 1 saturated carbocycles. The molecule has 0 spiro atoms. The Kier molecular flexibility index (Phi) is 4.31. The number of rotatable bonds is 2. The van der Waals surface area contributed by atoms with Crippen molar-refractivity contribution < 1.29 is 9.18 Å². The van der Waals surface area contributed by atoms with E-state index in [0.717, 1.165) is 19.3 Å². The first kappa shape index (κ1) is 14.8. The van der Waals surface area contributed by atoms with Crippen molar-refractivity contribution in [3.8, 4) is 0 Å². The molecule has 2 unspecified atom stereocenters. The Morgan fingerprint density at radius 2 is 2.10 bits per heavy atom. The highest BCUT2D eigenvalue weighted by Gasteiger charge is 2.26. The second-order valence-corrected chi connectivity index (χ2v) is 6.01. The summed E-state index contributed by atoms with van der Waals surface area (Å²) >= 11 is 0. The van der Waals surface area contributed by atoms with Crippen molar-refractivity contribution in [3.63, 3.8) is 0 Å². The zero-order chi connectivity index (χ0) is 14.9. The third-order valence-corrected chi connectivity index (χ3v) is 4.41. The quantitative estimate of drug-likeness (QED) is 0.843. The van der Waals surface area contributed by atoms with Crippen molar-refractivity contribution in [3.05, 3.63) is 29.1 Å². The number of nitrogens with zero attached hydrogens (tertiary/aromatic N) is 1. The molecular weight excluding hydrogens is 255 g/mol. The molecular formula is C16H23FN2O. The number of hydrogen-bond donors (Lipinski definition) is 1. The van der Waals surface area contributed by atoms with Crippen LogP contribution in [0.25, 0.3) is 0 Å². The lowest BCUT2D eigenvalue weighted by Crippen LogP contribution is -2.39. The van der Waals surface area contributed by atoms with E-state index in [1.54, 1.807) is 24.9 Å². The Hall–Kier alpha value is -1.58. The molecule has 1 amide bonds. The van der Waals surface area contributed by atoms with Crippen LogP contribution in [0.2, 0.25) is 0 Å². The number of hydrogen-bond acceptors (Lipinski definition) is 2. The van der Waals surface area contributed by atoms with Crippen molar-refractivity contribution in [1.82, 2.24) is 4.90 Å². The van der Waals surface area contributed by atoms with Gasteiger partial charge in [0.25, 0.3) is 5.91 Å². The van der Waals surface area contributed by atoms with Gasteiger partial charge in [-0.2, -0.15) is 0 Å². The van der Waals surface area contributed by atoms with Gasteiger partial charge in [0, 0.05) is 29.9 Å². The van der Waals surface area contributed by atoms with Crippen LogP contribution in [-0.2, 0) is 0 Å². The minimum absolute atomic E-state index is 0.144. The average molecular weight is 278 g/mol. The number of anilines is 1. The first-order valence-electron chi connectivity index (χ1n) is 7.23. The van der Waals surface area contributed by atoms with Gasteiger partial charge in [-0.15, -0.1) is 0 Å². The van der Waals surface area contributed by atoms with Crippen LogP contribution in [0.3, 0.4) is 0 Å². The van der Waals surface area contributed by atoms with E-state index in [0.29, 0.717) is 22.7 Å². The van der Waals surface area contributed by atoms with Gasteiger partial charge in [-0.1, -0.05) is 19.8 Å². The fourth-order valence-corrected chi connectivity index (χ4v) is 2.95. The van der Waals surface area contributed by atoms with E-state index < -0.39 is 5.82 Å². The largest absolute Gasteiger partial charge is 0.398 e. The molecule has 2 N–H and O–H groups in total. The maximum Gasteiger partial charge on any atom is 0.254 e. The topological polar surface area (TPSA) is 46.3 Å². The van der Waals surface area contributed by atoms with E-state index in [2.05, 4.69) is 6.92 Å². The van der Waals surface area contributed by atoms with E-state index in [-0.39, 0.29) is 11.9 Å². The van der Waals surface area contributed by atoms with Crippen LogP contribution in [-0.4, -0.2) is 23.9 Å². The van der Waals surface area contributed by atoms with Crippen molar-refractivity contribution in [2.45, 2.75) is 45.6 Å². The first-order chi connectivity index (χ1) is 9.40. The van der Waals surface area contributed by atoms with Gasteiger partial charge in [-0.25, -0.2) is 4.39 Å². The zero-order valence-electron chi connectivity index (χ0n) is 12.4. The second kappa shape index (κ2) is 5.81. The molecule has 1 aliphatic rings. The molecule has 0 bridgehead atoms. The minimum atomic E-state index is -0.418. The molecule has 0 heterocycles. The summed E-state index contributed by atoms with van der Waals surface area (Å²) in [5.74, 6) is 0.0808. The second-order valence-electron chi connectivity index (χ2n) is 6.01. The highest BCUT2D eigenvalue weighted by Crippen LogP contribution is 2.28. The van der Waals surface area contributed by atoms with Gasteiger partial charge >= 0.3 is 0 Å². The Bertz CT molecular complexity index is 492. The number of nitrogen functional groups attached to an aromatic ring is 1. The summed E-state index contributed by atoms with van der Waals surface area (Å²) in [6, 6.07) is 3.11. The van der Waals surface area contributed by atoms with Crippen molar-refractivity contribution in [2.24, 2.45) is 5.92 Å². The predicted molar refractivity (Wildman–Crippen MR) is 79.1 cm³/mol. The van der Waals surface area contributed by atoms with Crippen LogP contribution in [0, 0.1) is 18.7 Å². The van der Waals surface area contributed by atoms with Crippen molar-refractivity contribution in [2.75, 3.05) is 12.8 Å². The molecule has 2 rings (SSSR count). The molecule has 0 aliphatic heterocycles. The molecule has 4 heteroatoms. The molecule has 1 aliphatic carbocycles. The zero-order valence-corrected chi connectivity index (χ0v) is 12.4. The van der Waals surface area contributed by atoms with E-state index >= 15 is 0 Å². The monoisotopic (exact) mass is 278 g/mol. The first-order valence-corrected chi connectivity index (χ1v) is 7.23. The number of carbonyl (C=O) groups is 1. The van der Waals surface area contributed by atoms with Crippen molar-refractivity contribution >= 4 is 11.6 Å². The summed E-state index contributed by atoms with van der Waals surface area (Å²) in [6.07, 6.45) is 4.42. The van der Waals surface area contributed by atoms with Gasteiger partial charge in [0.05, 0.1) is 0 Å². The summed E-state index contributed by atoms with van der Waals surface area (Å²) in [4.78, 5) is 14.2. The average Bonchev–Trinajstić information content (AvgIpc) is 2.42. The van der Waals surface area contributed by atoms with Crippen LogP contribution in [0.15, 0.2) is 12.1 Å². The lowest BCUT2D eigenvalue weighted by molar-refractivity contribution is 0.0672. The van der Waals surface area contributed by atoms with Crippen molar-refractivity contribution in [1.29, 1.82) is 0 Å². The highest BCUT2D eigenvalue weighted by molar-refractivity contribution is 5.95.